The van der Waals surface area contributed by atoms with Gasteiger partial charge in [0.2, 0.25) is 11.9 Å². The van der Waals surface area contributed by atoms with E-state index in [1.807, 2.05) is 6.92 Å². The molecule has 106 valence electrons. The quantitative estimate of drug-likeness (QED) is 0.555. The van der Waals surface area contributed by atoms with Gasteiger partial charge in [0.05, 0.1) is 0 Å². The van der Waals surface area contributed by atoms with Crippen molar-refractivity contribution in [3.63, 3.8) is 0 Å². The Bertz CT molecular complexity index is 409. The molecule has 1 rings (SSSR count). The minimum atomic E-state index is 0.0151. The number of carbonyl (C=O) groups is 1. The molecular formula is C12H22N6O. The molecule has 5 N–H and O–H groups in total. The van der Waals surface area contributed by atoms with Gasteiger partial charge >= 0.3 is 0 Å². The lowest BCUT2D eigenvalue weighted by atomic mass is 10.4. The number of nitrogens with zero attached hydrogens (tertiary/aromatic N) is 2. The second kappa shape index (κ2) is 8.12. The average molecular weight is 266 g/mol. The molecule has 19 heavy (non-hydrogen) atoms. The van der Waals surface area contributed by atoms with Gasteiger partial charge in [-0.3, -0.25) is 4.79 Å². The molecule has 0 radical (unpaired) electrons. The highest BCUT2D eigenvalue weighted by Gasteiger charge is 2.03. The molecule has 0 unspecified atom stereocenters. The molecule has 0 saturated heterocycles. The smallest absolute Gasteiger partial charge is 0.223 e. The predicted octanol–water partition coefficient (Wildman–Crippen LogP) is 0.819. The van der Waals surface area contributed by atoms with Gasteiger partial charge in [0.25, 0.3) is 0 Å². The Labute approximate surface area is 113 Å². The Morgan fingerprint density at radius 3 is 2.42 bits per heavy atom. The Morgan fingerprint density at radius 1 is 1.21 bits per heavy atom. The monoisotopic (exact) mass is 266 g/mol. The van der Waals surface area contributed by atoms with Gasteiger partial charge in [-0.05, 0) is 13.3 Å². The molecule has 0 aromatic carbocycles. The second-order valence-corrected chi connectivity index (χ2v) is 4.05. The van der Waals surface area contributed by atoms with Gasteiger partial charge in [0.15, 0.2) is 0 Å². The highest BCUT2D eigenvalue weighted by molar-refractivity contribution is 5.76. The first-order chi connectivity index (χ1) is 9.15. The number of hydrogen-bond donors (Lipinski definition) is 4. The first-order valence-corrected chi connectivity index (χ1v) is 6.54. The van der Waals surface area contributed by atoms with Crippen LogP contribution in [-0.2, 0) is 4.79 Å². The number of carbonyl (C=O) groups excluding carboxylic acids is 1. The second-order valence-electron chi connectivity index (χ2n) is 4.05. The van der Waals surface area contributed by atoms with E-state index in [0.29, 0.717) is 31.1 Å². The lowest BCUT2D eigenvalue weighted by Gasteiger charge is -2.09. The van der Waals surface area contributed by atoms with E-state index < -0.39 is 0 Å². The van der Waals surface area contributed by atoms with Crippen LogP contribution in [0.3, 0.4) is 0 Å². The standard InChI is InChI=1S/C12H22N6O/c1-3-6-15-9-8-10(18-12(13)17-9)16-7-5-11(19)14-4-2/h8H,3-7H2,1-2H3,(H,14,19)(H4,13,15,16,17,18). The first kappa shape index (κ1) is 15.0. The van der Waals surface area contributed by atoms with Crippen LogP contribution in [0.1, 0.15) is 26.7 Å². The minimum absolute atomic E-state index is 0.0151. The number of hydrogen-bond acceptors (Lipinski definition) is 6. The Balaban J connectivity index is 2.48. The van der Waals surface area contributed by atoms with Crippen molar-refractivity contribution in [2.45, 2.75) is 26.7 Å². The molecule has 7 heteroatoms. The summed E-state index contributed by atoms with van der Waals surface area (Å²) in [5, 5.41) is 8.94. The van der Waals surface area contributed by atoms with Crippen LogP contribution in [-0.4, -0.2) is 35.5 Å². The molecule has 0 atom stereocenters. The molecule has 0 saturated carbocycles. The maximum absolute atomic E-state index is 11.3. The topological polar surface area (TPSA) is 105 Å². The van der Waals surface area contributed by atoms with Crippen molar-refractivity contribution in [3.8, 4) is 0 Å². The van der Waals surface area contributed by atoms with Gasteiger partial charge in [-0.1, -0.05) is 6.92 Å². The molecule has 1 amide bonds. The summed E-state index contributed by atoms with van der Waals surface area (Å²) in [4.78, 5) is 19.4. The molecule has 0 aliphatic heterocycles. The molecule has 1 aromatic heterocycles. The normalized spacial score (nSPS) is 10.0. The maximum Gasteiger partial charge on any atom is 0.223 e. The van der Waals surface area contributed by atoms with Crippen LogP contribution in [0.15, 0.2) is 6.07 Å². The van der Waals surface area contributed by atoms with Crippen LogP contribution >= 0.6 is 0 Å². The summed E-state index contributed by atoms with van der Waals surface area (Å²) in [6.45, 7) is 5.94. The molecule has 0 aliphatic rings. The van der Waals surface area contributed by atoms with E-state index in [4.69, 9.17) is 5.73 Å². The number of rotatable bonds is 8. The van der Waals surface area contributed by atoms with E-state index >= 15 is 0 Å². The number of nitrogens with two attached hydrogens (primary N) is 1. The first-order valence-electron chi connectivity index (χ1n) is 6.54. The van der Waals surface area contributed by atoms with Crippen LogP contribution in [0.2, 0.25) is 0 Å². The van der Waals surface area contributed by atoms with Gasteiger partial charge in [0.1, 0.15) is 11.6 Å². The van der Waals surface area contributed by atoms with Crippen LogP contribution in [0.25, 0.3) is 0 Å². The third-order valence-electron chi connectivity index (χ3n) is 2.33. The van der Waals surface area contributed by atoms with Gasteiger partial charge in [-0.25, -0.2) is 0 Å². The number of amides is 1. The van der Waals surface area contributed by atoms with Crippen molar-refractivity contribution < 1.29 is 4.79 Å². The van der Waals surface area contributed by atoms with Crippen LogP contribution in [0.5, 0.6) is 0 Å². The van der Waals surface area contributed by atoms with Crippen molar-refractivity contribution in [3.05, 3.63) is 6.07 Å². The predicted molar refractivity (Wildman–Crippen MR) is 77.0 cm³/mol. The van der Waals surface area contributed by atoms with E-state index in [9.17, 15) is 4.79 Å². The van der Waals surface area contributed by atoms with E-state index in [1.54, 1.807) is 6.07 Å². The van der Waals surface area contributed by atoms with E-state index in [-0.39, 0.29) is 11.9 Å². The average Bonchev–Trinajstić information content (AvgIpc) is 2.36. The summed E-state index contributed by atoms with van der Waals surface area (Å²) >= 11 is 0. The van der Waals surface area contributed by atoms with Gasteiger partial charge in [-0.15, -0.1) is 0 Å². The Kier molecular flexibility index (Phi) is 6.42. The number of anilines is 3. The van der Waals surface area contributed by atoms with E-state index in [1.165, 1.54) is 0 Å². The zero-order valence-corrected chi connectivity index (χ0v) is 11.5. The number of nitrogen functional groups attached to an aromatic ring is 1. The highest BCUT2D eigenvalue weighted by atomic mass is 16.1. The summed E-state index contributed by atoms with van der Waals surface area (Å²) in [6, 6.07) is 1.78. The summed E-state index contributed by atoms with van der Waals surface area (Å²) in [5.74, 6) is 1.54. The fourth-order valence-corrected chi connectivity index (χ4v) is 1.49. The fraction of sp³-hybridized carbons (Fsp3) is 0.583. The maximum atomic E-state index is 11.3. The van der Waals surface area contributed by atoms with Crippen molar-refractivity contribution >= 4 is 23.5 Å². The summed E-state index contributed by atoms with van der Waals surface area (Å²) in [6.07, 6.45) is 1.40. The molecule has 0 bridgehead atoms. The summed E-state index contributed by atoms with van der Waals surface area (Å²) in [5.41, 5.74) is 5.63. The van der Waals surface area contributed by atoms with Crippen molar-refractivity contribution in [2.24, 2.45) is 0 Å². The molecule has 1 aromatic rings. The van der Waals surface area contributed by atoms with Crippen LogP contribution in [0, 0.1) is 0 Å². The molecular weight excluding hydrogens is 244 g/mol. The Hall–Kier alpha value is -2.05. The molecule has 0 aliphatic carbocycles. The highest BCUT2D eigenvalue weighted by Crippen LogP contribution is 2.12. The van der Waals surface area contributed by atoms with E-state index in [0.717, 1.165) is 13.0 Å². The number of aromatic nitrogens is 2. The molecule has 0 spiro atoms. The molecule has 0 fully saturated rings. The third kappa shape index (κ3) is 5.89. The van der Waals surface area contributed by atoms with Gasteiger partial charge < -0.3 is 21.7 Å². The van der Waals surface area contributed by atoms with Crippen molar-refractivity contribution in [1.82, 2.24) is 15.3 Å². The lowest BCUT2D eigenvalue weighted by molar-refractivity contribution is -0.120. The zero-order chi connectivity index (χ0) is 14.1. The van der Waals surface area contributed by atoms with Crippen molar-refractivity contribution in [2.75, 3.05) is 36.0 Å². The molecule has 1 heterocycles. The number of nitrogens with one attached hydrogen (secondary N) is 3. The zero-order valence-electron chi connectivity index (χ0n) is 11.5. The van der Waals surface area contributed by atoms with E-state index in [2.05, 4.69) is 32.8 Å². The lowest BCUT2D eigenvalue weighted by Crippen LogP contribution is -2.24. The summed E-state index contributed by atoms with van der Waals surface area (Å²) in [7, 11) is 0. The van der Waals surface area contributed by atoms with Gasteiger partial charge in [0, 0.05) is 32.1 Å². The van der Waals surface area contributed by atoms with Crippen LogP contribution in [0.4, 0.5) is 17.6 Å². The third-order valence-corrected chi connectivity index (χ3v) is 2.33. The van der Waals surface area contributed by atoms with Crippen molar-refractivity contribution in [1.29, 1.82) is 0 Å². The summed E-state index contributed by atoms with van der Waals surface area (Å²) < 4.78 is 0. The largest absolute Gasteiger partial charge is 0.370 e. The van der Waals surface area contributed by atoms with Crippen LogP contribution < -0.4 is 21.7 Å². The fourth-order valence-electron chi connectivity index (χ4n) is 1.49. The Morgan fingerprint density at radius 2 is 1.84 bits per heavy atom. The SMILES string of the molecule is CCCNc1cc(NCCC(=O)NCC)nc(N)n1. The molecule has 7 nitrogen and oxygen atoms in total. The van der Waals surface area contributed by atoms with Gasteiger partial charge in [-0.2, -0.15) is 9.97 Å². The minimum Gasteiger partial charge on any atom is -0.370 e.